The Morgan fingerprint density at radius 2 is 1.90 bits per heavy atom. The molecule has 3 nitrogen and oxygen atoms in total. The zero-order valence-electron chi connectivity index (χ0n) is 11.5. The maximum absolute atomic E-state index is 5.33. The lowest BCUT2D eigenvalue weighted by atomic mass is 9.94. The molecule has 1 fully saturated rings. The van der Waals surface area contributed by atoms with E-state index in [0.717, 1.165) is 24.3 Å². The number of ether oxygens (including phenoxy) is 1. The van der Waals surface area contributed by atoms with E-state index in [1.165, 1.54) is 17.6 Å². The highest BCUT2D eigenvalue weighted by Crippen LogP contribution is 2.32. The lowest BCUT2D eigenvalue weighted by Gasteiger charge is -2.31. The molecule has 1 saturated heterocycles. The monoisotopic (exact) mass is 286 g/mol. The third-order valence-corrected chi connectivity index (χ3v) is 3.94. The van der Waals surface area contributed by atoms with Crippen molar-refractivity contribution in [1.29, 1.82) is 0 Å². The summed E-state index contributed by atoms with van der Waals surface area (Å²) in [6.07, 6.45) is 7.97. The summed E-state index contributed by atoms with van der Waals surface area (Å²) in [6.45, 7) is 0. The van der Waals surface area contributed by atoms with Crippen LogP contribution in [0.5, 0.6) is 5.75 Å². The molecule has 1 aromatic carbocycles. The Labute approximate surface area is 124 Å². The average Bonchev–Trinajstić information content (AvgIpc) is 2.71. The smallest absolute Gasteiger partial charge is 0.171 e. The van der Waals surface area contributed by atoms with Crippen molar-refractivity contribution in [1.82, 2.24) is 10.6 Å². The van der Waals surface area contributed by atoms with E-state index < -0.39 is 0 Å². The summed E-state index contributed by atoms with van der Waals surface area (Å²) in [5, 5.41) is 7.33. The molecule has 0 amide bonds. The van der Waals surface area contributed by atoms with Crippen LogP contribution in [-0.2, 0) is 0 Å². The number of rotatable bonds is 2. The van der Waals surface area contributed by atoms with E-state index in [1.807, 2.05) is 12.1 Å². The summed E-state index contributed by atoms with van der Waals surface area (Å²) in [6, 6.07) is 8.28. The van der Waals surface area contributed by atoms with E-state index in [-0.39, 0.29) is 6.04 Å². The third-order valence-electron chi connectivity index (χ3n) is 3.72. The molecule has 1 unspecified atom stereocenters. The van der Waals surface area contributed by atoms with Gasteiger partial charge in [-0.1, -0.05) is 24.3 Å². The van der Waals surface area contributed by atoms with Crippen molar-refractivity contribution < 1.29 is 4.74 Å². The van der Waals surface area contributed by atoms with Crippen LogP contribution in [0.2, 0.25) is 0 Å². The van der Waals surface area contributed by atoms with Gasteiger partial charge in [0, 0.05) is 5.70 Å². The van der Waals surface area contributed by atoms with E-state index in [9.17, 15) is 0 Å². The van der Waals surface area contributed by atoms with E-state index in [4.69, 9.17) is 17.0 Å². The van der Waals surface area contributed by atoms with Gasteiger partial charge in [0.2, 0.25) is 0 Å². The summed E-state index contributed by atoms with van der Waals surface area (Å²) in [4.78, 5) is 0. The molecule has 2 N–H and O–H groups in total. The highest BCUT2D eigenvalue weighted by molar-refractivity contribution is 7.80. The molecule has 0 radical (unpaired) electrons. The van der Waals surface area contributed by atoms with Crippen molar-refractivity contribution in [2.75, 3.05) is 7.11 Å². The molecule has 1 aliphatic heterocycles. The third kappa shape index (κ3) is 2.56. The van der Waals surface area contributed by atoms with Crippen LogP contribution in [0.3, 0.4) is 0 Å². The van der Waals surface area contributed by atoms with Crippen LogP contribution in [0.1, 0.15) is 30.9 Å². The van der Waals surface area contributed by atoms with Crippen molar-refractivity contribution in [3.05, 3.63) is 53.3 Å². The molecule has 1 aliphatic carbocycles. The number of methoxy groups -OCH3 is 1. The Morgan fingerprint density at radius 3 is 2.65 bits per heavy atom. The number of thiocarbonyl (C=S) groups is 1. The first kappa shape index (κ1) is 13.2. The average molecular weight is 286 g/mol. The van der Waals surface area contributed by atoms with Gasteiger partial charge in [0.05, 0.1) is 13.2 Å². The molecule has 0 spiro atoms. The Kier molecular flexibility index (Phi) is 3.74. The molecular weight excluding hydrogens is 268 g/mol. The van der Waals surface area contributed by atoms with Gasteiger partial charge < -0.3 is 15.4 Å². The van der Waals surface area contributed by atoms with Crippen molar-refractivity contribution in [3.63, 3.8) is 0 Å². The fourth-order valence-electron chi connectivity index (χ4n) is 2.67. The molecule has 1 heterocycles. The molecular formula is C16H18N2OS. The largest absolute Gasteiger partial charge is 0.497 e. The summed E-state index contributed by atoms with van der Waals surface area (Å²) in [5.41, 5.74) is 3.65. The van der Waals surface area contributed by atoms with Crippen molar-refractivity contribution in [3.8, 4) is 5.75 Å². The SMILES string of the molecule is COc1ccc(C2NC(=S)NC3=CCCCC=C32)cc1. The normalized spacial score (nSPS) is 21.6. The van der Waals surface area contributed by atoms with Crippen molar-refractivity contribution >= 4 is 17.3 Å². The topological polar surface area (TPSA) is 33.3 Å². The van der Waals surface area contributed by atoms with Gasteiger partial charge in [-0.05, 0) is 54.7 Å². The molecule has 4 heteroatoms. The van der Waals surface area contributed by atoms with Crippen LogP contribution < -0.4 is 15.4 Å². The zero-order valence-corrected chi connectivity index (χ0v) is 12.3. The van der Waals surface area contributed by atoms with E-state index >= 15 is 0 Å². The zero-order chi connectivity index (χ0) is 13.9. The minimum atomic E-state index is 0.124. The molecule has 2 aliphatic rings. The van der Waals surface area contributed by atoms with E-state index in [1.54, 1.807) is 7.11 Å². The van der Waals surface area contributed by atoms with Crippen LogP contribution in [0.15, 0.2) is 47.7 Å². The predicted molar refractivity (Wildman–Crippen MR) is 84.6 cm³/mol. The van der Waals surface area contributed by atoms with Crippen molar-refractivity contribution in [2.45, 2.75) is 25.3 Å². The highest BCUT2D eigenvalue weighted by Gasteiger charge is 2.26. The van der Waals surface area contributed by atoms with Gasteiger partial charge in [-0.3, -0.25) is 0 Å². The quantitative estimate of drug-likeness (QED) is 0.818. The van der Waals surface area contributed by atoms with E-state index in [2.05, 4.69) is 34.9 Å². The lowest BCUT2D eigenvalue weighted by molar-refractivity contribution is 0.414. The molecule has 1 aromatic rings. The van der Waals surface area contributed by atoms with Gasteiger partial charge in [-0.2, -0.15) is 0 Å². The maximum Gasteiger partial charge on any atom is 0.171 e. The lowest BCUT2D eigenvalue weighted by Crippen LogP contribution is -2.44. The molecule has 104 valence electrons. The Hall–Kier alpha value is -1.81. The minimum absolute atomic E-state index is 0.124. The van der Waals surface area contributed by atoms with Crippen LogP contribution in [-0.4, -0.2) is 12.2 Å². The standard InChI is InChI=1S/C16H18N2OS/c1-19-12-9-7-11(8-10-12)15-13-5-3-2-4-6-14(13)17-16(20)18-15/h5-10,15H,2-4H2,1H3,(H2,17,18,20). The summed E-state index contributed by atoms with van der Waals surface area (Å²) < 4.78 is 5.22. The number of fused-ring (bicyclic) bond motifs is 1. The van der Waals surface area contributed by atoms with Crippen molar-refractivity contribution in [2.24, 2.45) is 0 Å². The van der Waals surface area contributed by atoms with Crippen LogP contribution in [0.25, 0.3) is 0 Å². The molecule has 1 atom stereocenters. The van der Waals surface area contributed by atoms with E-state index in [0.29, 0.717) is 5.11 Å². The summed E-state index contributed by atoms with van der Waals surface area (Å²) in [7, 11) is 1.68. The van der Waals surface area contributed by atoms with Crippen LogP contribution in [0.4, 0.5) is 0 Å². The fraction of sp³-hybridized carbons (Fsp3) is 0.312. The number of hydrogen-bond acceptors (Lipinski definition) is 2. The Bertz CT molecular complexity index is 575. The molecule has 0 aromatic heterocycles. The second-order valence-corrected chi connectivity index (χ2v) is 5.42. The summed E-state index contributed by atoms with van der Waals surface area (Å²) >= 11 is 5.33. The van der Waals surface area contributed by atoms with Gasteiger partial charge >= 0.3 is 0 Å². The summed E-state index contributed by atoms with van der Waals surface area (Å²) in [5.74, 6) is 0.871. The number of benzene rings is 1. The van der Waals surface area contributed by atoms with Gasteiger partial charge in [-0.25, -0.2) is 0 Å². The van der Waals surface area contributed by atoms with Crippen LogP contribution in [0, 0.1) is 0 Å². The molecule has 0 bridgehead atoms. The Morgan fingerprint density at radius 1 is 1.15 bits per heavy atom. The second-order valence-electron chi connectivity index (χ2n) is 5.01. The Balaban J connectivity index is 1.96. The number of allylic oxidation sites excluding steroid dienone is 2. The van der Waals surface area contributed by atoms with Gasteiger partial charge in [0.25, 0.3) is 0 Å². The van der Waals surface area contributed by atoms with Crippen LogP contribution >= 0.6 is 12.2 Å². The van der Waals surface area contributed by atoms with Gasteiger partial charge in [0.15, 0.2) is 5.11 Å². The number of nitrogens with one attached hydrogen (secondary N) is 2. The maximum atomic E-state index is 5.33. The molecule has 0 saturated carbocycles. The molecule has 3 rings (SSSR count). The van der Waals surface area contributed by atoms with Gasteiger partial charge in [-0.15, -0.1) is 0 Å². The molecule has 20 heavy (non-hydrogen) atoms. The minimum Gasteiger partial charge on any atom is -0.497 e. The predicted octanol–water partition coefficient (Wildman–Crippen LogP) is 3.21. The number of hydrogen-bond donors (Lipinski definition) is 2. The van der Waals surface area contributed by atoms with Gasteiger partial charge in [0.1, 0.15) is 5.75 Å². The highest BCUT2D eigenvalue weighted by atomic mass is 32.1. The first-order chi connectivity index (χ1) is 9.78. The second kappa shape index (κ2) is 5.67. The first-order valence-corrected chi connectivity index (χ1v) is 7.31. The fourth-order valence-corrected chi connectivity index (χ4v) is 2.90. The first-order valence-electron chi connectivity index (χ1n) is 6.90.